The van der Waals surface area contributed by atoms with Crippen LogP contribution in [0.5, 0.6) is 0 Å². The molecule has 0 aliphatic heterocycles. The van der Waals surface area contributed by atoms with Crippen LogP contribution in [-0.2, 0) is 13.6 Å². The van der Waals surface area contributed by atoms with E-state index >= 15 is 0 Å². The lowest BCUT2D eigenvalue weighted by Gasteiger charge is -2.04. The number of H-pyrrole nitrogens is 1. The Morgan fingerprint density at radius 1 is 1.53 bits per heavy atom. The number of hydrogen-bond acceptors (Lipinski definition) is 2. The van der Waals surface area contributed by atoms with Gasteiger partial charge in [-0.1, -0.05) is 0 Å². The summed E-state index contributed by atoms with van der Waals surface area (Å²) in [5.41, 5.74) is 4.60. The van der Waals surface area contributed by atoms with Gasteiger partial charge in [-0.25, -0.2) is 0 Å². The van der Waals surface area contributed by atoms with E-state index in [0.29, 0.717) is 0 Å². The highest BCUT2D eigenvalue weighted by atomic mass is 15.3. The smallest absolute Gasteiger partial charge is 0.0690 e. The van der Waals surface area contributed by atoms with Crippen LogP contribution >= 0.6 is 0 Å². The Hall–Kier alpha value is -1.55. The second-order valence-electron chi connectivity index (χ2n) is 3.64. The highest BCUT2D eigenvalue weighted by Gasteiger charge is 2.14. The molecule has 0 aromatic carbocycles. The first-order chi connectivity index (χ1) is 7.24. The zero-order chi connectivity index (χ0) is 10.8. The highest BCUT2D eigenvalue weighted by molar-refractivity contribution is 5.65. The number of nitrogens with one attached hydrogen (secondary N) is 2. The molecule has 80 valence electrons. The van der Waals surface area contributed by atoms with E-state index in [4.69, 9.17) is 0 Å². The summed E-state index contributed by atoms with van der Waals surface area (Å²) in [5.74, 6) is 0. The van der Waals surface area contributed by atoms with Crippen LogP contribution in [0.15, 0.2) is 18.3 Å². The van der Waals surface area contributed by atoms with E-state index in [-0.39, 0.29) is 0 Å². The summed E-state index contributed by atoms with van der Waals surface area (Å²) in [6.45, 7) is 2.86. The van der Waals surface area contributed by atoms with Crippen molar-refractivity contribution in [2.75, 3.05) is 7.05 Å². The molecule has 2 aromatic rings. The van der Waals surface area contributed by atoms with Gasteiger partial charge in [0.1, 0.15) is 0 Å². The second kappa shape index (κ2) is 3.90. The van der Waals surface area contributed by atoms with Gasteiger partial charge in [-0.2, -0.15) is 5.10 Å². The van der Waals surface area contributed by atoms with Gasteiger partial charge in [0.2, 0.25) is 0 Å². The van der Waals surface area contributed by atoms with E-state index < -0.39 is 0 Å². The third kappa shape index (κ3) is 1.68. The van der Waals surface area contributed by atoms with Gasteiger partial charge in [0, 0.05) is 31.0 Å². The van der Waals surface area contributed by atoms with E-state index in [0.717, 1.165) is 17.9 Å². The van der Waals surface area contributed by atoms with E-state index in [9.17, 15) is 0 Å². The molecule has 0 unspecified atom stereocenters. The van der Waals surface area contributed by atoms with Crippen molar-refractivity contribution in [1.82, 2.24) is 20.1 Å². The summed E-state index contributed by atoms with van der Waals surface area (Å²) in [4.78, 5) is 3.23. The molecule has 0 spiro atoms. The monoisotopic (exact) mass is 204 g/mol. The molecule has 0 fully saturated rings. The molecule has 4 nitrogen and oxygen atoms in total. The largest absolute Gasteiger partial charge is 0.361 e. The first-order valence-corrected chi connectivity index (χ1v) is 5.05. The maximum atomic E-state index is 4.44. The normalized spacial score (nSPS) is 10.9. The molecule has 15 heavy (non-hydrogen) atoms. The average molecular weight is 204 g/mol. The van der Waals surface area contributed by atoms with Crippen molar-refractivity contribution in [3.63, 3.8) is 0 Å². The van der Waals surface area contributed by atoms with E-state index in [1.165, 1.54) is 11.3 Å². The lowest BCUT2D eigenvalue weighted by Crippen LogP contribution is -2.10. The van der Waals surface area contributed by atoms with E-state index in [1.807, 2.05) is 38.0 Å². The standard InChI is InChI=1S/C11H16N4/c1-8-11(9-5-4-6-13-9)10(7-12-2)15(3)14-8/h4-6,12-13H,7H2,1-3H3. The van der Waals surface area contributed by atoms with Crippen LogP contribution in [0.4, 0.5) is 0 Å². The molecular formula is C11H16N4. The van der Waals surface area contributed by atoms with E-state index in [2.05, 4.69) is 21.5 Å². The van der Waals surface area contributed by atoms with Gasteiger partial charge in [-0.3, -0.25) is 4.68 Å². The fourth-order valence-corrected chi connectivity index (χ4v) is 1.91. The Morgan fingerprint density at radius 3 is 2.93 bits per heavy atom. The minimum absolute atomic E-state index is 0.825. The topological polar surface area (TPSA) is 45.6 Å². The van der Waals surface area contributed by atoms with Crippen molar-refractivity contribution in [3.8, 4) is 11.3 Å². The molecule has 0 aliphatic carbocycles. The molecule has 0 saturated heterocycles. The van der Waals surface area contributed by atoms with Crippen molar-refractivity contribution in [1.29, 1.82) is 0 Å². The highest BCUT2D eigenvalue weighted by Crippen LogP contribution is 2.25. The Labute approximate surface area is 89.3 Å². The molecule has 2 heterocycles. The SMILES string of the molecule is CNCc1c(-c2ccc[nH]2)c(C)nn1C. The van der Waals surface area contributed by atoms with Gasteiger partial charge >= 0.3 is 0 Å². The van der Waals surface area contributed by atoms with Gasteiger partial charge in [-0.15, -0.1) is 0 Å². The molecule has 0 radical (unpaired) electrons. The first kappa shape index (κ1) is 9.98. The molecule has 0 bridgehead atoms. The van der Waals surface area contributed by atoms with E-state index in [1.54, 1.807) is 0 Å². The lowest BCUT2D eigenvalue weighted by atomic mass is 10.1. The van der Waals surface area contributed by atoms with Crippen LogP contribution in [-0.4, -0.2) is 21.8 Å². The minimum Gasteiger partial charge on any atom is -0.361 e. The van der Waals surface area contributed by atoms with Crippen LogP contribution in [0, 0.1) is 6.92 Å². The fraction of sp³-hybridized carbons (Fsp3) is 0.364. The van der Waals surface area contributed by atoms with Crippen molar-refractivity contribution in [3.05, 3.63) is 29.7 Å². The van der Waals surface area contributed by atoms with Crippen molar-refractivity contribution in [2.45, 2.75) is 13.5 Å². The van der Waals surface area contributed by atoms with Crippen LogP contribution in [0.2, 0.25) is 0 Å². The average Bonchev–Trinajstić information content (AvgIpc) is 2.77. The van der Waals surface area contributed by atoms with Crippen LogP contribution in [0.1, 0.15) is 11.4 Å². The third-order valence-electron chi connectivity index (χ3n) is 2.55. The molecule has 0 amide bonds. The summed E-state index contributed by atoms with van der Waals surface area (Å²) in [6, 6.07) is 4.08. The van der Waals surface area contributed by atoms with Gasteiger partial charge in [0.15, 0.2) is 0 Å². The zero-order valence-electron chi connectivity index (χ0n) is 9.33. The predicted molar refractivity (Wildman–Crippen MR) is 60.5 cm³/mol. The summed E-state index contributed by atoms with van der Waals surface area (Å²) < 4.78 is 1.93. The molecule has 2 aromatic heterocycles. The number of aromatic amines is 1. The summed E-state index contributed by atoms with van der Waals surface area (Å²) in [6.07, 6.45) is 1.94. The Bertz CT molecular complexity index is 439. The zero-order valence-corrected chi connectivity index (χ0v) is 9.33. The molecule has 0 saturated carbocycles. The molecule has 0 atom stereocenters. The lowest BCUT2D eigenvalue weighted by molar-refractivity contribution is 0.669. The quantitative estimate of drug-likeness (QED) is 0.794. The van der Waals surface area contributed by atoms with Crippen molar-refractivity contribution >= 4 is 0 Å². The van der Waals surface area contributed by atoms with Gasteiger partial charge < -0.3 is 10.3 Å². The Balaban J connectivity index is 2.54. The maximum Gasteiger partial charge on any atom is 0.0690 e. The molecule has 2 rings (SSSR count). The number of rotatable bonds is 3. The molecular weight excluding hydrogens is 188 g/mol. The number of nitrogens with zero attached hydrogens (tertiary/aromatic N) is 2. The van der Waals surface area contributed by atoms with Crippen molar-refractivity contribution < 1.29 is 0 Å². The minimum atomic E-state index is 0.825. The summed E-state index contributed by atoms with van der Waals surface area (Å²) in [7, 11) is 3.92. The van der Waals surface area contributed by atoms with Gasteiger partial charge in [0.05, 0.1) is 11.4 Å². The van der Waals surface area contributed by atoms with Crippen LogP contribution in [0.25, 0.3) is 11.3 Å². The summed E-state index contributed by atoms with van der Waals surface area (Å²) >= 11 is 0. The first-order valence-electron chi connectivity index (χ1n) is 5.05. The second-order valence-corrected chi connectivity index (χ2v) is 3.64. The van der Waals surface area contributed by atoms with Crippen LogP contribution in [0.3, 0.4) is 0 Å². The number of aryl methyl sites for hydroxylation is 2. The fourth-order valence-electron chi connectivity index (χ4n) is 1.91. The predicted octanol–water partition coefficient (Wildman–Crippen LogP) is 1.44. The maximum absolute atomic E-state index is 4.44. The Morgan fingerprint density at radius 2 is 2.33 bits per heavy atom. The molecule has 0 aliphatic rings. The molecule has 2 N–H and O–H groups in total. The Kier molecular flexibility index (Phi) is 2.60. The summed E-state index contributed by atoms with van der Waals surface area (Å²) in [5, 5.41) is 7.61. The molecule has 4 heteroatoms. The van der Waals surface area contributed by atoms with Crippen molar-refractivity contribution in [2.24, 2.45) is 7.05 Å². The number of aromatic nitrogens is 3. The van der Waals surface area contributed by atoms with Crippen LogP contribution < -0.4 is 5.32 Å². The third-order valence-corrected chi connectivity index (χ3v) is 2.55. The van der Waals surface area contributed by atoms with Gasteiger partial charge in [-0.05, 0) is 26.1 Å². The number of hydrogen-bond donors (Lipinski definition) is 2. The van der Waals surface area contributed by atoms with Gasteiger partial charge in [0.25, 0.3) is 0 Å².